The predicted octanol–water partition coefficient (Wildman–Crippen LogP) is 2.66. The van der Waals surface area contributed by atoms with Crippen LogP contribution in [0.3, 0.4) is 0 Å². The molecule has 0 unspecified atom stereocenters. The number of aryl methyl sites for hydroxylation is 1. The van der Waals surface area contributed by atoms with Crippen molar-refractivity contribution in [3.8, 4) is 0 Å². The Morgan fingerprint density at radius 1 is 1.37 bits per heavy atom. The molecular weight excluding hydrogens is 379 g/mol. The molecule has 1 aromatic rings. The molecule has 0 amide bonds. The van der Waals surface area contributed by atoms with E-state index in [0.717, 1.165) is 12.0 Å². The number of hydrogen-bond acceptors (Lipinski definition) is 4. The molecule has 4 nitrogen and oxygen atoms in total. The quantitative estimate of drug-likeness (QED) is 0.455. The van der Waals surface area contributed by atoms with E-state index in [9.17, 15) is 13.5 Å². The lowest BCUT2D eigenvalue weighted by Gasteiger charge is -2.27. The molecule has 2 atom stereocenters. The largest absolute Gasteiger partial charge is 0.387 e. The van der Waals surface area contributed by atoms with Gasteiger partial charge in [-0.15, -0.1) is 0 Å². The summed E-state index contributed by atoms with van der Waals surface area (Å²) in [4.78, 5) is 0.107. The van der Waals surface area contributed by atoms with Crippen molar-refractivity contribution in [1.29, 1.82) is 0 Å². The van der Waals surface area contributed by atoms with Crippen LogP contribution in [-0.4, -0.2) is 29.7 Å². The summed E-state index contributed by atoms with van der Waals surface area (Å²) in [5.74, 6) is 0. The van der Waals surface area contributed by atoms with Crippen molar-refractivity contribution in [3.63, 3.8) is 0 Å². The molecule has 0 bridgehead atoms. The molecule has 0 spiro atoms. The van der Waals surface area contributed by atoms with E-state index in [1.54, 1.807) is 19.1 Å². The summed E-state index contributed by atoms with van der Waals surface area (Å²) in [5.41, 5.74) is -0.197. The van der Waals surface area contributed by atoms with E-state index in [2.05, 4.69) is 22.6 Å². The second-order valence-corrected chi connectivity index (χ2v) is 7.88. The van der Waals surface area contributed by atoms with Gasteiger partial charge in [0.05, 0.1) is 17.1 Å². The first-order valence-corrected chi connectivity index (χ1v) is 8.67. The van der Waals surface area contributed by atoms with Gasteiger partial charge in [-0.25, -0.2) is 0 Å². The molecule has 0 saturated heterocycles. The summed E-state index contributed by atoms with van der Waals surface area (Å²) in [6, 6.07) is 6.42. The fraction of sp³-hybridized carbons (Fsp3) is 0.538. The Labute approximate surface area is 128 Å². The van der Waals surface area contributed by atoms with Crippen molar-refractivity contribution < 1.29 is 17.7 Å². The average molecular weight is 398 g/mol. The lowest BCUT2D eigenvalue weighted by molar-refractivity contribution is 0.0151. The Kier molecular flexibility index (Phi) is 5.78. The van der Waals surface area contributed by atoms with Crippen LogP contribution in [0.15, 0.2) is 29.2 Å². The maximum Gasteiger partial charge on any atom is 0.297 e. The highest BCUT2D eigenvalue weighted by atomic mass is 127. The molecular formula is C13H19IO4S. The maximum atomic E-state index is 12.0. The SMILES string of the molecule is CC[C@@H](I)[C@@](C)(O)COS(=O)(=O)c1ccc(C)cc1. The van der Waals surface area contributed by atoms with E-state index < -0.39 is 15.7 Å². The van der Waals surface area contributed by atoms with Gasteiger partial charge in [-0.1, -0.05) is 47.2 Å². The highest BCUT2D eigenvalue weighted by molar-refractivity contribution is 14.1. The number of alkyl halides is 1. The molecule has 1 N–H and O–H groups in total. The van der Waals surface area contributed by atoms with Gasteiger partial charge in [0, 0.05) is 3.92 Å². The lowest BCUT2D eigenvalue weighted by Crippen LogP contribution is -2.40. The van der Waals surface area contributed by atoms with Gasteiger partial charge >= 0.3 is 0 Å². The van der Waals surface area contributed by atoms with E-state index in [0.29, 0.717) is 0 Å². The van der Waals surface area contributed by atoms with Crippen molar-refractivity contribution in [2.24, 2.45) is 0 Å². The molecule has 1 aromatic carbocycles. The first-order valence-electron chi connectivity index (χ1n) is 6.01. The zero-order chi connectivity index (χ0) is 14.7. The van der Waals surface area contributed by atoms with Gasteiger partial charge in [0.25, 0.3) is 10.1 Å². The van der Waals surface area contributed by atoms with Gasteiger partial charge in [0.15, 0.2) is 0 Å². The maximum absolute atomic E-state index is 12.0. The minimum absolute atomic E-state index is 0.0710. The minimum Gasteiger partial charge on any atom is -0.387 e. The number of benzene rings is 1. The van der Waals surface area contributed by atoms with Crippen LogP contribution in [0.2, 0.25) is 0 Å². The summed E-state index contributed by atoms with van der Waals surface area (Å²) in [6.45, 7) is 5.15. The molecule has 19 heavy (non-hydrogen) atoms. The fourth-order valence-electron chi connectivity index (χ4n) is 1.50. The first kappa shape index (κ1) is 16.9. The van der Waals surface area contributed by atoms with E-state index in [1.807, 2.05) is 13.8 Å². The van der Waals surface area contributed by atoms with E-state index in [4.69, 9.17) is 4.18 Å². The third-order valence-corrected chi connectivity index (χ3v) is 6.35. The van der Waals surface area contributed by atoms with Gasteiger partial charge in [-0.05, 0) is 32.4 Å². The number of halogens is 1. The van der Waals surface area contributed by atoms with Crippen molar-refractivity contribution in [2.45, 2.75) is 41.6 Å². The third-order valence-electron chi connectivity index (χ3n) is 2.85. The van der Waals surface area contributed by atoms with Crippen LogP contribution in [-0.2, 0) is 14.3 Å². The second-order valence-electron chi connectivity index (χ2n) is 4.76. The molecule has 0 fully saturated rings. The Bertz CT molecular complexity index is 508. The summed E-state index contributed by atoms with van der Waals surface area (Å²) in [7, 11) is -3.82. The van der Waals surface area contributed by atoms with Crippen LogP contribution in [0.5, 0.6) is 0 Å². The van der Waals surface area contributed by atoms with Gasteiger partial charge < -0.3 is 5.11 Å². The molecule has 6 heteroatoms. The van der Waals surface area contributed by atoms with E-state index in [1.165, 1.54) is 12.1 Å². The summed E-state index contributed by atoms with van der Waals surface area (Å²) in [5, 5.41) is 10.1. The molecule has 0 heterocycles. The summed E-state index contributed by atoms with van der Waals surface area (Å²) >= 11 is 2.09. The first-order chi connectivity index (χ1) is 8.69. The van der Waals surface area contributed by atoms with Gasteiger partial charge in [0.1, 0.15) is 0 Å². The predicted molar refractivity (Wildman–Crippen MR) is 83.0 cm³/mol. The van der Waals surface area contributed by atoms with Crippen LogP contribution < -0.4 is 0 Å². The second kappa shape index (κ2) is 6.51. The Balaban J connectivity index is 2.79. The van der Waals surface area contributed by atoms with Gasteiger partial charge in [-0.2, -0.15) is 8.42 Å². The molecule has 0 aliphatic rings. The molecule has 108 valence electrons. The van der Waals surface area contributed by atoms with Crippen LogP contribution in [0.4, 0.5) is 0 Å². The zero-order valence-electron chi connectivity index (χ0n) is 11.3. The van der Waals surface area contributed by atoms with Crippen molar-refractivity contribution in [1.82, 2.24) is 0 Å². The molecule has 0 aliphatic carbocycles. The summed E-state index contributed by atoms with van der Waals surface area (Å²) < 4.78 is 28.8. The fourth-order valence-corrected chi connectivity index (χ4v) is 2.68. The van der Waals surface area contributed by atoms with E-state index in [-0.39, 0.29) is 15.4 Å². The number of rotatable bonds is 6. The molecule has 0 radical (unpaired) electrons. The average Bonchev–Trinajstić information content (AvgIpc) is 2.36. The van der Waals surface area contributed by atoms with Gasteiger partial charge in [-0.3, -0.25) is 4.18 Å². The standard InChI is InChI=1S/C13H19IO4S/c1-4-12(14)13(3,15)9-18-19(16,17)11-7-5-10(2)6-8-11/h5-8,12,15H,4,9H2,1-3H3/t12-,13+/m1/s1. The highest BCUT2D eigenvalue weighted by Crippen LogP contribution is 2.24. The molecule has 0 saturated carbocycles. The Hall–Kier alpha value is -0.180. The smallest absolute Gasteiger partial charge is 0.297 e. The van der Waals surface area contributed by atoms with Crippen LogP contribution in [0.25, 0.3) is 0 Å². The molecule has 1 rings (SSSR count). The number of hydrogen-bond donors (Lipinski definition) is 1. The Morgan fingerprint density at radius 3 is 2.37 bits per heavy atom. The van der Waals surface area contributed by atoms with Crippen LogP contribution >= 0.6 is 22.6 Å². The Morgan fingerprint density at radius 2 is 1.89 bits per heavy atom. The monoisotopic (exact) mass is 398 g/mol. The zero-order valence-corrected chi connectivity index (χ0v) is 14.2. The molecule has 0 aliphatic heterocycles. The summed E-state index contributed by atoms with van der Waals surface area (Å²) in [6.07, 6.45) is 0.738. The van der Waals surface area contributed by atoms with E-state index >= 15 is 0 Å². The van der Waals surface area contributed by atoms with Crippen LogP contribution in [0, 0.1) is 6.92 Å². The topological polar surface area (TPSA) is 63.6 Å². The minimum atomic E-state index is -3.82. The van der Waals surface area contributed by atoms with Gasteiger partial charge in [0.2, 0.25) is 0 Å². The van der Waals surface area contributed by atoms with Crippen molar-refractivity contribution in [2.75, 3.05) is 6.61 Å². The van der Waals surface area contributed by atoms with Crippen molar-refractivity contribution in [3.05, 3.63) is 29.8 Å². The normalized spacial score (nSPS) is 16.9. The molecule has 0 aromatic heterocycles. The van der Waals surface area contributed by atoms with Crippen LogP contribution in [0.1, 0.15) is 25.8 Å². The lowest BCUT2D eigenvalue weighted by atomic mass is 10.0. The highest BCUT2D eigenvalue weighted by Gasteiger charge is 2.31. The number of aliphatic hydroxyl groups is 1. The van der Waals surface area contributed by atoms with Crippen molar-refractivity contribution >= 4 is 32.7 Å². The third kappa shape index (κ3) is 4.70.